The number of ether oxygens (including phenoxy) is 1. The summed E-state index contributed by atoms with van der Waals surface area (Å²) < 4.78 is 5.44. The van der Waals surface area contributed by atoms with Crippen LogP contribution < -0.4 is 20.3 Å². The van der Waals surface area contributed by atoms with Crippen molar-refractivity contribution in [3.8, 4) is 5.75 Å². The predicted molar refractivity (Wildman–Crippen MR) is 109 cm³/mol. The summed E-state index contributed by atoms with van der Waals surface area (Å²) in [6.07, 6.45) is 2.21. The van der Waals surface area contributed by atoms with Crippen molar-refractivity contribution in [3.63, 3.8) is 0 Å². The van der Waals surface area contributed by atoms with Crippen LogP contribution >= 0.6 is 12.2 Å². The number of hydrogen-bond donors (Lipinski definition) is 2. The minimum absolute atomic E-state index is 0.658. The van der Waals surface area contributed by atoms with E-state index in [1.165, 1.54) is 11.3 Å². The third kappa shape index (κ3) is 4.86. The SMILES string of the molecule is CCOc1ccc(NC(=S)NCCCN2CCc3ccccc32)cc1. The van der Waals surface area contributed by atoms with Crippen LogP contribution in [0.3, 0.4) is 0 Å². The van der Waals surface area contributed by atoms with Gasteiger partial charge in [-0.05, 0) is 67.9 Å². The molecule has 2 N–H and O–H groups in total. The largest absolute Gasteiger partial charge is 0.494 e. The molecule has 0 saturated heterocycles. The number of benzene rings is 2. The van der Waals surface area contributed by atoms with Gasteiger partial charge in [0.05, 0.1) is 6.61 Å². The molecule has 2 aromatic rings. The molecular formula is C20H25N3OS. The van der Waals surface area contributed by atoms with Gasteiger partial charge in [-0.1, -0.05) is 18.2 Å². The number of nitrogens with zero attached hydrogens (tertiary/aromatic N) is 1. The van der Waals surface area contributed by atoms with Gasteiger partial charge >= 0.3 is 0 Å². The third-order valence-corrected chi connectivity index (χ3v) is 4.54. The van der Waals surface area contributed by atoms with E-state index in [0.29, 0.717) is 11.7 Å². The van der Waals surface area contributed by atoms with Gasteiger partial charge in [-0.25, -0.2) is 0 Å². The predicted octanol–water partition coefficient (Wildman–Crippen LogP) is 3.82. The van der Waals surface area contributed by atoms with Gasteiger partial charge in [-0.15, -0.1) is 0 Å². The summed E-state index contributed by atoms with van der Waals surface area (Å²) in [7, 11) is 0. The van der Waals surface area contributed by atoms with Crippen molar-refractivity contribution in [1.82, 2.24) is 5.32 Å². The molecule has 0 saturated carbocycles. The van der Waals surface area contributed by atoms with Gasteiger partial charge in [0.1, 0.15) is 5.75 Å². The maximum Gasteiger partial charge on any atom is 0.170 e. The summed E-state index contributed by atoms with van der Waals surface area (Å²) in [5.74, 6) is 0.873. The van der Waals surface area contributed by atoms with Crippen LogP contribution in [0.5, 0.6) is 5.75 Å². The first-order chi connectivity index (χ1) is 12.3. The van der Waals surface area contributed by atoms with Gasteiger partial charge in [0, 0.05) is 31.0 Å². The molecule has 1 aliphatic heterocycles. The summed E-state index contributed by atoms with van der Waals surface area (Å²) in [6, 6.07) is 16.5. The van der Waals surface area contributed by atoms with E-state index in [2.05, 4.69) is 39.8 Å². The van der Waals surface area contributed by atoms with Crippen LogP contribution in [0.2, 0.25) is 0 Å². The highest BCUT2D eigenvalue weighted by atomic mass is 32.1. The minimum atomic E-state index is 0.658. The third-order valence-electron chi connectivity index (χ3n) is 4.30. The summed E-state index contributed by atoms with van der Waals surface area (Å²) in [4.78, 5) is 2.46. The Kier molecular flexibility index (Phi) is 6.12. The second-order valence-electron chi connectivity index (χ2n) is 6.06. The number of nitrogens with one attached hydrogen (secondary N) is 2. The number of thiocarbonyl (C=S) groups is 1. The molecular weight excluding hydrogens is 330 g/mol. The summed E-state index contributed by atoms with van der Waals surface area (Å²) in [5.41, 5.74) is 3.81. The lowest BCUT2D eigenvalue weighted by molar-refractivity contribution is 0.340. The van der Waals surface area contributed by atoms with E-state index in [4.69, 9.17) is 17.0 Å². The highest BCUT2D eigenvalue weighted by Gasteiger charge is 2.17. The molecule has 0 unspecified atom stereocenters. The maximum atomic E-state index is 5.44. The second-order valence-corrected chi connectivity index (χ2v) is 6.47. The van der Waals surface area contributed by atoms with Crippen LogP contribution in [0.1, 0.15) is 18.9 Å². The molecule has 3 rings (SSSR count). The minimum Gasteiger partial charge on any atom is -0.494 e. The molecule has 1 heterocycles. The fourth-order valence-corrected chi connectivity index (χ4v) is 3.31. The quantitative estimate of drug-likeness (QED) is 0.583. The van der Waals surface area contributed by atoms with Crippen LogP contribution in [0, 0.1) is 0 Å². The zero-order valence-corrected chi connectivity index (χ0v) is 15.4. The lowest BCUT2D eigenvalue weighted by Gasteiger charge is -2.19. The second kappa shape index (κ2) is 8.72. The van der Waals surface area contributed by atoms with Crippen molar-refractivity contribution < 1.29 is 4.74 Å². The Labute approximate surface area is 155 Å². The van der Waals surface area contributed by atoms with E-state index in [-0.39, 0.29) is 0 Å². The highest BCUT2D eigenvalue weighted by Crippen LogP contribution is 2.27. The molecule has 4 nitrogen and oxygen atoms in total. The molecule has 0 radical (unpaired) electrons. The molecule has 0 spiro atoms. The zero-order valence-electron chi connectivity index (χ0n) is 14.6. The number of para-hydroxylation sites is 1. The van der Waals surface area contributed by atoms with Gasteiger partial charge in [0.25, 0.3) is 0 Å². The summed E-state index contributed by atoms with van der Waals surface area (Å²) in [6.45, 7) is 5.69. The van der Waals surface area contributed by atoms with E-state index in [1.54, 1.807) is 0 Å². The van der Waals surface area contributed by atoms with Crippen molar-refractivity contribution in [2.45, 2.75) is 19.8 Å². The first-order valence-corrected chi connectivity index (χ1v) is 9.27. The number of rotatable bonds is 7. The molecule has 0 aromatic heterocycles. The first kappa shape index (κ1) is 17.5. The van der Waals surface area contributed by atoms with Crippen LogP contribution in [-0.4, -0.2) is 31.4 Å². The Morgan fingerprint density at radius 3 is 2.76 bits per heavy atom. The topological polar surface area (TPSA) is 36.5 Å². The molecule has 0 amide bonds. The Morgan fingerprint density at radius 1 is 1.16 bits per heavy atom. The smallest absolute Gasteiger partial charge is 0.170 e. The number of fused-ring (bicyclic) bond motifs is 1. The van der Waals surface area contributed by atoms with Crippen LogP contribution in [0.15, 0.2) is 48.5 Å². The van der Waals surface area contributed by atoms with Crippen molar-refractivity contribution in [2.75, 3.05) is 36.5 Å². The van der Waals surface area contributed by atoms with Gasteiger partial charge in [-0.2, -0.15) is 0 Å². The van der Waals surface area contributed by atoms with E-state index >= 15 is 0 Å². The maximum absolute atomic E-state index is 5.44. The van der Waals surface area contributed by atoms with E-state index in [0.717, 1.165) is 43.9 Å². The number of hydrogen-bond acceptors (Lipinski definition) is 3. The Hall–Kier alpha value is -2.27. The van der Waals surface area contributed by atoms with E-state index in [9.17, 15) is 0 Å². The van der Waals surface area contributed by atoms with E-state index < -0.39 is 0 Å². The summed E-state index contributed by atoms with van der Waals surface area (Å²) >= 11 is 5.36. The molecule has 25 heavy (non-hydrogen) atoms. The zero-order chi connectivity index (χ0) is 17.5. The average molecular weight is 356 g/mol. The van der Waals surface area contributed by atoms with Crippen molar-refractivity contribution in [3.05, 3.63) is 54.1 Å². The molecule has 0 aliphatic carbocycles. The molecule has 132 valence electrons. The molecule has 1 aliphatic rings. The van der Waals surface area contributed by atoms with E-state index in [1.807, 2.05) is 31.2 Å². The van der Waals surface area contributed by atoms with Gasteiger partial charge in [-0.3, -0.25) is 0 Å². The van der Waals surface area contributed by atoms with Crippen molar-refractivity contribution in [1.29, 1.82) is 0 Å². The normalized spacial score (nSPS) is 12.6. The van der Waals surface area contributed by atoms with Gasteiger partial charge < -0.3 is 20.3 Å². The lowest BCUT2D eigenvalue weighted by Crippen LogP contribution is -2.32. The Balaban J connectivity index is 1.37. The molecule has 0 bridgehead atoms. The fraction of sp³-hybridized carbons (Fsp3) is 0.350. The van der Waals surface area contributed by atoms with Crippen LogP contribution in [0.4, 0.5) is 11.4 Å². The van der Waals surface area contributed by atoms with Crippen LogP contribution in [0.25, 0.3) is 0 Å². The van der Waals surface area contributed by atoms with Gasteiger partial charge in [0.15, 0.2) is 5.11 Å². The molecule has 0 atom stereocenters. The molecule has 2 aromatic carbocycles. The van der Waals surface area contributed by atoms with Crippen molar-refractivity contribution >= 4 is 28.7 Å². The van der Waals surface area contributed by atoms with Crippen molar-refractivity contribution in [2.24, 2.45) is 0 Å². The van der Waals surface area contributed by atoms with Gasteiger partial charge in [0.2, 0.25) is 0 Å². The lowest BCUT2D eigenvalue weighted by atomic mass is 10.2. The molecule has 5 heteroatoms. The average Bonchev–Trinajstić information content (AvgIpc) is 3.04. The molecule has 0 fully saturated rings. The monoisotopic (exact) mass is 355 g/mol. The Morgan fingerprint density at radius 2 is 1.96 bits per heavy atom. The standard InChI is InChI=1S/C20H25N3OS/c1-2-24-18-10-8-17(9-11-18)22-20(25)21-13-5-14-23-15-12-16-6-3-4-7-19(16)23/h3-4,6-11H,2,5,12-15H2,1H3,(H2,21,22,25). The summed E-state index contributed by atoms with van der Waals surface area (Å²) in [5, 5.41) is 7.15. The first-order valence-electron chi connectivity index (χ1n) is 8.87. The number of anilines is 2. The highest BCUT2D eigenvalue weighted by molar-refractivity contribution is 7.80. The fourth-order valence-electron chi connectivity index (χ4n) is 3.09. The Bertz CT molecular complexity index is 702. The van der Waals surface area contributed by atoms with Crippen LogP contribution in [-0.2, 0) is 6.42 Å².